The van der Waals surface area contributed by atoms with E-state index in [1.807, 2.05) is 6.92 Å². The number of nitrogens with two attached hydrogens (primary N) is 1. The van der Waals surface area contributed by atoms with Crippen molar-refractivity contribution in [1.82, 2.24) is 30.2 Å². The number of nitrogens with one attached hydrogen (secondary N) is 2. The summed E-state index contributed by atoms with van der Waals surface area (Å²) in [7, 11) is -16.5. The molecule has 79 heavy (non-hydrogen) atoms. The van der Waals surface area contributed by atoms with Gasteiger partial charge in [-0.25, -0.2) is 28.6 Å². The topological polar surface area (TPSA) is 424 Å². The summed E-state index contributed by atoms with van der Waals surface area (Å²) in [5, 5.41) is 60.8. The van der Waals surface area contributed by atoms with Gasteiger partial charge in [0.1, 0.15) is 36.3 Å². The predicted octanol–water partition coefficient (Wildman–Crippen LogP) is 3.07. The fourth-order valence-electron chi connectivity index (χ4n) is 13.6. The monoisotopic (exact) mass is 1200 g/mol. The summed E-state index contributed by atoms with van der Waals surface area (Å²) in [6.07, 6.45) is 0.0812. The van der Waals surface area contributed by atoms with Crippen molar-refractivity contribution in [2.24, 2.45) is 57.7 Å². The summed E-state index contributed by atoms with van der Waals surface area (Å²) in [5.74, 6) is 0.168. The second-order valence-corrected chi connectivity index (χ2v) is 28.9. The highest BCUT2D eigenvalue weighted by molar-refractivity contribution is 8.13. The van der Waals surface area contributed by atoms with Crippen LogP contribution in [0.2, 0.25) is 0 Å². The lowest BCUT2D eigenvalue weighted by Gasteiger charge is -2.63. The molecular weight excluding hydrogens is 1120 g/mol. The number of amides is 2. The molecule has 2 amide bonds. The van der Waals surface area contributed by atoms with E-state index in [9.17, 15) is 73.2 Å². The molecule has 1 aliphatic heterocycles. The Hall–Kier alpha value is -2.56. The van der Waals surface area contributed by atoms with Crippen LogP contribution in [0.25, 0.3) is 11.2 Å². The Morgan fingerprint density at radius 3 is 2.35 bits per heavy atom. The highest BCUT2D eigenvalue weighted by atomic mass is 32.2. The van der Waals surface area contributed by atoms with E-state index >= 15 is 0 Å². The molecule has 19 atom stereocenters. The molecule has 5 fully saturated rings. The maximum atomic E-state index is 13.1. The fraction of sp³-hybridized carbons (Fsp3) is 0.833. The lowest BCUT2D eigenvalue weighted by atomic mass is 9.43. The van der Waals surface area contributed by atoms with Gasteiger partial charge in [-0.1, -0.05) is 66.1 Å². The van der Waals surface area contributed by atoms with Crippen LogP contribution in [0.3, 0.4) is 0 Å². The van der Waals surface area contributed by atoms with Crippen molar-refractivity contribution in [2.75, 3.05) is 37.8 Å². The highest BCUT2D eigenvalue weighted by Gasteiger charge is 2.66. The van der Waals surface area contributed by atoms with Gasteiger partial charge in [-0.05, 0) is 97.7 Å². The molecule has 13 N–H and O–H groups in total. The van der Waals surface area contributed by atoms with Gasteiger partial charge in [0.15, 0.2) is 22.8 Å². The van der Waals surface area contributed by atoms with Crippen molar-refractivity contribution >= 4 is 69.1 Å². The third kappa shape index (κ3) is 14.7. The van der Waals surface area contributed by atoms with Gasteiger partial charge in [0.25, 0.3) is 0 Å². The number of thioether (sulfide) groups is 1. The zero-order valence-electron chi connectivity index (χ0n) is 45.3. The number of fused-ring (bicyclic) bond motifs is 6. The number of nitrogen functional groups attached to an aromatic ring is 1. The van der Waals surface area contributed by atoms with Crippen molar-refractivity contribution in [2.45, 2.75) is 161 Å². The Balaban J connectivity index is 0.770. The van der Waals surface area contributed by atoms with Crippen LogP contribution >= 0.6 is 35.2 Å². The molecule has 4 aliphatic carbocycles. The molecule has 2 aromatic heterocycles. The number of rotatable bonds is 25. The first kappa shape index (κ1) is 64.0. The molecule has 0 spiro atoms. The van der Waals surface area contributed by atoms with Crippen molar-refractivity contribution in [3.63, 3.8) is 0 Å². The molecule has 8 unspecified atom stereocenters. The van der Waals surface area contributed by atoms with Gasteiger partial charge < -0.3 is 66.2 Å². The minimum Gasteiger partial charge on any atom is -0.393 e. The van der Waals surface area contributed by atoms with Crippen molar-refractivity contribution in [3.8, 4) is 0 Å². The molecule has 4 saturated carbocycles. The standard InChI is InChI=1S/C48H80N7O20P3S/c1-25(29-10-11-30-36-31(20-34(58)48(29,30)6)47(5)14-12-28(56)18-27(47)19-32(36)57)8-7-9-26(2)45(63)79-17-16-50-35(59)13-15-51-43(62)40(61)46(3,4)22-72-78(69,70)75-77(67,68)71-21-33-39(74-76(64,65)66)38(60)44(73-33)55-24-54-37-41(49)52-23-53-42(37)55/h23-34,36,38-40,44,56-58,60-61H,7-22H2,1-6H3,(H,50,59)(H,51,62)(H,67,68)(H,69,70)(H2,49,52,53)(H2,64,65,66)/t25-,26?,27+,28-,29?,30?,31?,32-,33-,34+,36?,38-,39-,40?,44-,47+,48-/m1/s1. The molecule has 448 valence electrons. The van der Waals surface area contributed by atoms with E-state index < -0.39 is 96.8 Å². The maximum absolute atomic E-state index is 13.1. The summed E-state index contributed by atoms with van der Waals surface area (Å²) >= 11 is 1.12. The fourth-order valence-corrected chi connectivity index (χ4v) is 17.3. The van der Waals surface area contributed by atoms with Gasteiger partial charge in [0.2, 0.25) is 11.8 Å². The summed E-state index contributed by atoms with van der Waals surface area (Å²) in [4.78, 5) is 89.9. The number of aliphatic hydroxyl groups excluding tert-OH is 5. The average molecular weight is 1200 g/mol. The minimum atomic E-state index is -5.60. The predicted molar refractivity (Wildman–Crippen MR) is 283 cm³/mol. The second kappa shape index (κ2) is 25.3. The molecule has 1 saturated heterocycles. The number of carbonyl (C=O) groups is 3. The molecule has 0 bridgehead atoms. The van der Waals surface area contributed by atoms with E-state index in [1.54, 1.807) is 0 Å². The van der Waals surface area contributed by atoms with Crippen LogP contribution in [-0.4, -0.2) is 156 Å². The number of aromatic nitrogens is 4. The zero-order chi connectivity index (χ0) is 58.2. The number of aliphatic hydroxyl groups is 5. The van der Waals surface area contributed by atoms with Crippen LogP contribution in [-0.2, 0) is 50.7 Å². The number of carbonyl (C=O) groups excluding carboxylic acids is 3. The normalized spacial score (nSPS) is 34.6. The first-order valence-corrected chi connectivity index (χ1v) is 32.4. The van der Waals surface area contributed by atoms with E-state index in [4.69, 9.17) is 19.5 Å². The van der Waals surface area contributed by atoms with Crippen LogP contribution < -0.4 is 16.4 Å². The Bertz CT molecular complexity index is 2640. The van der Waals surface area contributed by atoms with Gasteiger partial charge >= 0.3 is 23.5 Å². The number of imidazole rings is 1. The van der Waals surface area contributed by atoms with Crippen LogP contribution in [0.5, 0.6) is 0 Å². The van der Waals surface area contributed by atoms with E-state index in [1.165, 1.54) is 13.8 Å². The third-order valence-electron chi connectivity index (χ3n) is 18.0. The van der Waals surface area contributed by atoms with Crippen LogP contribution in [0.15, 0.2) is 12.7 Å². The Kier molecular flexibility index (Phi) is 20.5. The van der Waals surface area contributed by atoms with Gasteiger partial charge in [-0.15, -0.1) is 0 Å². The first-order valence-electron chi connectivity index (χ1n) is 26.9. The van der Waals surface area contributed by atoms with Crippen molar-refractivity contribution < 1.29 is 95.8 Å². The number of hydrogen-bond donors (Lipinski definition) is 12. The average Bonchev–Trinajstić information content (AvgIpc) is 3.88. The summed E-state index contributed by atoms with van der Waals surface area (Å²) < 4.78 is 62.8. The van der Waals surface area contributed by atoms with Crippen molar-refractivity contribution in [1.29, 1.82) is 0 Å². The SMILES string of the molecule is CC(CCC[C@@H](C)C1CCC2C3C(C[C@H](O)[C@@]21C)[C@@]1(C)CC[C@@H](O)C[C@H]1C[C@H]3O)C(=O)SCCNC(=O)CCNC(=O)C(O)C(C)(C)COP(=O)(O)OP(=O)(O)OC[C@H]1O[C@@H](n2cnc3c(N)ncnc32)[C@H](O)[C@@H]1OP(=O)(O)O. The molecule has 5 aliphatic rings. The van der Waals surface area contributed by atoms with Crippen LogP contribution in [0, 0.1) is 57.7 Å². The summed E-state index contributed by atoms with van der Waals surface area (Å²) in [6.45, 7) is 9.17. The molecule has 7 rings (SSSR count). The van der Waals surface area contributed by atoms with Gasteiger partial charge in [-0.2, -0.15) is 4.31 Å². The largest absolute Gasteiger partial charge is 0.481 e. The van der Waals surface area contributed by atoms with Gasteiger partial charge in [-0.3, -0.25) is 32.5 Å². The number of nitrogens with zero attached hydrogens (tertiary/aromatic N) is 4. The summed E-state index contributed by atoms with van der Waals surface area (Å²) in [5.41, 5.74) is 3.98. The van der Waals surface area contributed by atoms with E-state index in [0.29, 0.717) is 30.4 Å². The number of hydrogen-bond acceptors (Lipinski definition) is 21. The Labute approximate surface area is 462 Å². The first-order chi connectivity index (χ1) is 36.8. The minimum absolute atomic E-state index is 0.00814. The van der Waals surface area contributed by atoms with Crippen LogP contribution in [0.1, 0.15) is 118 Å². The third-order valence-corrected chi connectivity index (χ3v) is 22.2. The van der Waals surface area contributed by atoms with E-state index in [-0.39, 0.29) is 88.1 Å². The number of phosphoric acid groups is 3. The van der Waals surface area contributed by atoms with Gasteiger partial charge in [0, 0.05) is 36.6 Å². The molecule has 0 radical (unpaired) electrons. The molecule has 31 heteroatoms. The number of anilines is 1. The Morgan fingerprint density at radius 2 is 1.65 bits per heavy atom. The maximum Gasteiger partial charge on any atom is 0.481 e. The molecular formula is C48H80N7O20P3S. The Morgan fingerprint density at radius 1 is 0.937 bits per heavy atom. The lowest BCUT2D eigenvalue weighted by molar-refractivity contribution is -0.207. The summed E-state index contributed by atoms with van der Waals surface area (Å²) in [6, 6.07) is 0. The smallest absolute Gasteiger partial charge is 0.393 e. The molecule has 2 aromatic rings. The lowest BCUT2D eigenvalue weighted by Crippen LogP contribution is -2.62. The number of phosphoric ester groups is 3. The molecule has 27 nitrogen and oxygen atoms in total. The van der Waals surface area contributed by atoms with Crippen molar-refractivity contribution in [3.05, 3.63) is 12.7 Å². The van der Waals surface area contributed by atoms with Crippen LogP contribution in [0.4, 0.5) is 5.82 Å². The van der Waals surface area contributed by atoms with E-state index in [2.05, 4.69) is 55.2 Å². The highest BCUT2D eigenvalue weighted by Crippen LogP contribution is 2.69. The second-order valence-electron chi connectivity index (χ2n) is 23.6. The van der Waals surface area contributed by atoms with E-state index in [0.717, 1.165) is 80.4 Å². The quantitative estimate of drug-likeness (QED) is 0.0502. The molecule has 0 aromatic carbocycles. The van der Waals surface area contributed by atoms with Gasteiger partial charge in [0.05, 0.1) is 37.9 Å². The zero-order valence-corrected chi connectivity index (χ0v) is 48.8. The molecule has 3 heterocycles. The number of ether oxygens (including phenoxy) is 1.